The number of rotatable bonds is 2. The van der Waals surface area contributed by atoms with Crippen molar-refractivity contribution >= 4 is 12.6 Å². The van der Waals surface area contributed by atoms with Gasteiger partial charge in [-0.15, -0.1) is 0 Å². The van der Waals surface area contributed by atoms with Gasteiger partial charge in [-0.1, -0.05) is 31.4 Å². The van der Waals surface area contributed by atoms with E-state index in [4.69, 9.17) is 0 Å². The zero-order valence-corrected chi connectivity index (χ0v) is 11.0. The molecule has 0 unspecified atom stereocenters. The summed E-state index contributed by atoms with van der Waals surface area (Å²) >= 11 is 4.05. The first kappa shape index (κ1) is 13.8. The highest BCUT2D eigenvalue weighted by Crippen LogP contribution is 2.41. The van der Waals surface area contributed by atoms with E-state index in [0.717, 1.165) is 32.1 Å². The van der Waals surface area contributed by atoms with Crippen molar-refractivity contribution < 1.29 is 13.2 Å². The van der Waals surface area contributed by atoms with Crippen molar-refractivity contribution in [1.29, 1.82) is 0 Å². The molecule has 0 aromatic heterocycles. The Morgan fingerprint density at radius 1 is 1.11 bits per heavy atom. The third-order valence-corrected chi connectivity index (χ3v) is 4.02. The molecule has 0 atom stereocenters. The summed E-state index contributed by atoms with van der Waals surface area (Å²) < 4.78 is 39.3. The minimum atomic E-state index is -4.26. The van der Waals surface area contributed by atoms with Gasteiger partial charge in [-0.05, 0) is 36.0 Å². The number of hydrogen-bond donors (Lipinski definition) is 1. The van der Waals surface area contributed by atoms with E-state index >= 15 is 0 Å². The molecule has 1 aromatic carbocycles. The molecule has 0 N–H and O–H groups in total. The second-order valence-electron chi connectivity index (χ2n) is 4.91. The molecule has 1 aliphatic carbocycles. The summed E-state index contributed by atoms with van der Waals surface area (Å²) in [6.07, 6.45) is 0.720. The molecular formula is C14H17F3S. The largest absolute Gasteiger partial charge is 0.416 e. The Morgan fingerprint density at radius 2 is 1.78 bits per heavy atom. The van der Waals surface area contributed by atoms with Gasteiger partial charge >= 0.3 is 6.18 Å². The Balaban J connectivity index is 2.38. The SMILES string of the molecule is FC(F)(F)c1cc(CS)ccc1C1CCCCC1. The first-order valence-electron chi connectivity index (χ1n) is 6.33. The van der Waals surface area contributed by atoms with Gasteiger partial charge in [0, 0.05) is 5.75 Å². The first-order valence-corrected chi connectivity index (χ1v) is 6.96. The summed E-state index contributed by atoms with van der Waals surface area (Å²) in [6.45, 7) is 0. The quantitative estimate of drug-likeness (QED) is 0.705. The van der Waals surface area contributed by atoms with Gasteiger partial charge in [0.1, 0.15) is 0 Å². The summed E-state index contributed by atoms with van der Waals surface area (Å²) in [7, 11) is 0. The fourth-order valence-electron chi connectivity index (χ4n) is 2.72. The molecule has 0 nitrogen and oxygen atoms in total. The van der Waals surface area contributed by atoms with E-state index < -0.39 is 11.7 Å². The molecule has 1 aliphatic rings. The fourth-order valence-corrected chi connectivity index (χ4v) is 2.91. The number of thiol groups is 1. The van der Waals surface area contributed by atoms with Gasteiger partial charge in [-0.2, -0.15) is 25.8 Å². The van der Waals surface area contributed by atoms with Crippen LogP contribution < -0.4 is 0 Å². The molecule has 100 valence electrons. The molecule has 0 aliphatic heterocycles. The molecule has 0 amide bonds. The van der Waals surface area contributed by atoms with Crippen molar-refractivity contribution in [3.05, 3.63) is 34.9 Å². The molecule has 0 saturated heterocycles. The summed E-state index contributed by atoms with van der Waals surface area (Å²) in [4.78, 5) is 0. The van der Waals surface area contributed by atoms with E-state index in [-0.39, 0.29) is 5.92 Å². The van der Waals surface area contributed by atoms with Crippen molar-refractivity contribution in [2.24, 2.45) is 0 Å². The molecule has 0 heterocycles. The van der Waals surface area contributed by atoms with Gasteiger partial charge in [-0.25, -0.2) is 0 Å². The van der Waals surface area contributed by atoms with E-state index in [1.165, 1.54) is 6.07 Å². The molecule has 1 saturated carbocycles. The molecule has 1 aromatic rings. The van der Waals surface area contributed by atoms with Crippen molar-refractivity contribution in [3.8, 4) is 0 Å². The van der Waals surface area contributed by atoms with Crippen molar-refractivity contribution in [3.63, 3.8) is 0 Å². The second kappa shape index (κ2) is 5.55. The highest BCUT2D eigenvalue weighted by molar-refractivity contribution is 7.79. The van der Waals surface area contributed by atoms with Crippen LogP contribution in [0.2, 0.25) is 0 Å². The van der Waals surface area contributed by atoms with Crippen molar-refractivity contribution in [2.75, 3.05) is 0 Å². The lowest BCUT2D eigenvalue weighted by Crippen LogP contribution is -2.14. The highest BCUT2D eigenvalue weighted by Gasteiger charge is 2.35. The Morgan fingerprint density at radius 3 is 2.33 bits per heavy atom. The summed E-state index contributed by atoms with van der Waals surface area (Å²) in [6, 6.07) is 4.69. The van der Waals surface area contributed by atoms with Crippen LogP contribution in [0, 0.1) is 0 Å². The zero-order valence-electron chi connectivity index (χ0n) is 10.1. The Labute approximate surface area is 111 Å². The highest BCUT2D eigenvalue weighted by atomic mass is 32.1. The van der Waals surface area contributed by atoms with Crippen LogP contribution in [0.1, 0.15) is 54.7 Å². The molecular weight excluding hydrogens is 257 g/mol. The maximum atomic E-state index is 13.1. The smallest absolute Gasteiger partial charge is 0.175 e. The van der Waals surface area contributed by atoms with E-state index in [9.17, 15) is 13.2 Å². The van der Waals surface area contributed by atoms with E-state index in [1.807, 2.05) is 0 Å². The number of hydrogen-bond acceptors (Lipinski definition) is 1. The third kappa shape index (κ3) is 3.02. The monoisotopic (exact) mass is 274 g/mol. The van der Waals surface area contributed by atoms with E-state index in [0.29, 0.717) is 16.9 Å². The lowest BCUT2D eigenvalue weighted by molar-refractivity contribution is -0.138. The maximum Gasteiger partial charge on any atom is 0.416 e. The van der Waals surface area contributed by atoms with Crippen LogP contribution in [-0.2, 0) is 11.9 Å². The minimum absolute atomic E-state index is 0.0735. The van der Waals surface area contributed by atoms with Gasteiger partial charge in [-0.3, -0.25) is 0 Å². The molecule has 0 radical (unpaired) electrons. The normalized spacial score (nSPS) is 18.0. The molecule has 0 bridgehead atoms. The zero-order chi connectivity index (χ0) is 13.2. The minimum Gasteiger partial charge on any atom is -0.175 e. The van der Waals surface area contributed by atoms with Crippen LogP contribution >= 0.6 is 12.6 Å². The summed E-state index contributed by atoms with van der Waals surface area (Å²) in [5.41, 5.74) is 0.652. The molecule has 4 heteroatoms. The van der Waals surface area contributed by atoms with Crippen LogP contribution in [0.3, 0.4) is 0 Å². The lowest BCUT2D eigenvalue weighted by Gasteiger charge is -2.25. The van der Waals surface area contributed by atoms with Crippen molar-refractivity contribution in [1.82, 2.24) is 0 Å². The molecule has 1 fully saturated rings. The average Bonchev–Trinajstić information content (AvgIpc) is 2.38. The summed E-state index contributed by atoms with van der Waals surface area (Å²) in [5, 5.41) is 0. The van der Waals surface area contributed by atoms with Gasteiger partial charge in [0.05, 0.1) is 5.56 Å². The maximum absolute atomic E-state index is 13.1. The van der Waals surface area contributed by atoms with Crippen LogP contribution in [0.25, 0.3) is 0 Å². The standard InChI is InChI=1S/C14H17F3S/c15-14(16,17)13-8-10(9-18)6-7-12(13)11-4-2-1-3-5-11/h6-8,11,18H,1-5,9H2. The van der Waals surface area contributed by atoms with Gasteiger partial charge in [0.25, 0.3) is 0 Å². The molecule has 2 rings (SSSR count). The third-order valence-electron chi connectivity index (χ3n) is 3.65. The van der Waals surface area contributed by atoms with Crippen LogP contribution in [-0.4, -0.2) is 0 Å². The Kier molecular flexibility index (Phi) is 4.25. The van der Waals surface area contributed by atoms with Crippen LogP contribution in [0.15, 0.2) is 18.2 Å². The topological polar surface area (TPSA) is 0 Å². The predicted octanol–water partition coefficient (Wildman–Crippen LogP) is 5.18. The summed E-state index contributed by atoms with van der Waals surface area (Å²) in [5.74, 6) is 0.415. The van der Waals surface area contributed by atoms with E-state index in [2.05, 4.69) is 12.6 Å². The Bertz CT molecular complexity index is 406. The van der Waals surface area contributed by atoms with Gasteiger partial charge in [0.2, 0.25) is 0 Å². The number of benzene rings is 1. The van der Waals surface area contributed by atoms with Gasteiger partial charge < -0.3 is 0 Å². The fraction of sp³-hybridized carbons (Fsp3) is 0.571. The van der Waals surface area contributed by atoms with Crippen molar-refractivity contribution in [2.45, 2.75) is 50.0 Å². The first-order chi connectivity index (χ1) is 8.52. The van der Waals surface area contributed by atoms with Gasteiger partial charge in [0.15, 0.2) is 0 Å². The lowest BCUT2D eigenvalue weighted by atomic mass is 9.81. The molecule has 0 spiro atoms. The second-order valence-corrected chi connectivity index (χ2v) is 5.23. The van der Waals surface area contributed by atoms with E-state index in [1.54, 1.807) is 12.1 Å². The molecule has 18 heavy (non-hydrogen) atoms. The number of alkyl halides is 3. The average molecular weight is 274 g/mol. The Hall–Kier alpha value is -0.640. The number of halogens is 3. The van der Waals surface area contributed by atoms with Crippen LogP contribution in [0.4, 0.5) is 13.2 Å². The van der Waals surface area contributed by atoms with Crippen LogP contribution in [0.5, 0.6) is 0 Å². The predicted molar refractivity (Wildman–Crippen MR) is 70.0 cm³/mol.